The minimum absolute atomic E-state index is 0.105. The van der Waals surface area contributed by atoms with E-state index in [1.54, 1.807) is 18.2 Å². The van der Waals surface area contributed by atoms with Gasteiger partial charge in [-0.25, -0.2) is 0 Å². The van der Waals surface area contributed by atoms with Crippen LogP contribution in [0.15, 0.2) is 29.4 Å². The first-order valence-corrected chi connectivity index (χ1v) is 7.14. The van der Waals surface area contributed by atoms with Crippen molar-refractivity contribution in [1.29, 1.82) is 0 Å². The second-order valence-corrected chi connectivity index (χ2v) is 5.23. The van der Waals surface area contributed by atoms with Gasteiger partial charge in [0.05, 0.1) is 11.8 Å². The van der Waals surface area contributed by atoms with Gasteiger partial charge in [0, 0.05) is 25.1 Å². The number of oxime groups is 1. The average Bonchev–Trinajstić information content (AvgIpc) is 3.17. The van der Waals surface area contributed by atoms with Gasteiger partial charge in [0.1, 0.15) is 5.75 Å². The molecular weight excluding hydrogens is 272 g/mol. The highest BCUT2D eigenvalue weighted by atomic mass is 16.6. The molecule has 1 aromatic rings. The van der Waals surface area contributed by atoms with Crippen LogP contribution in [0.1, 0.15) is 24.8 Å². The minimum atomic E-state index is -0.638. The highest BCUT2D eigenvalue weighted by Gasteiger charge is 2.30. The molecule has 0 spiro atoms. The molecule has 2 unspecified atom stereocenters. The summed E-state index contributed by atoms with van der Waals surface area (Å²) in [6.07, 6.45) is 1.84. The third kappa shape index (κ3) is 3.16. The number of ether oxygens (including phenoxy) is 1. The van der Waals surface area contributed by atoms with Crippen LogP contribution in [0.5, 0.6) is 5.75 Å². The number of amides is 1. The van der Waals surface area contributed by atoms with E-state index in [4.69, 9.17) is 9.57 Å². The van der Waals surface area contributed by atoms with Crippen molar-refractivity contribution in [1.82, 2.24) is 5.32 Å². The maximum atomic E-state index is 12.0. The summed E-state index contributed by atoms with van der Waals surface area (Å²) >= 11 is 0. The summed E-state index contributed by atoms with van der Waals surface area (Å²) in [5.41, 5.74) is 1.19. The van der Waals surface area contributed by atoms with Crippen molar-refractivity contribution in [2.45, 2.75) is 31.5 Å². The van der Waals surface area contributed by atoms with E-state index in [0.29, 0.717) is 24.2 Å². The van der Waals surface area contributed by atoms with Gasteiger partial charge in [-0.2, -0.15) is 0 Å². The summed E-state index contributed by atoms with van der Waals surface area (Å²) < 4.78 is 5.45. The summed E-state index contributed by atoms with van der Waals surface area (Å²) in [5, 5.41) is 16.5. The molecule has 0 saturated carbocycles. The Hall–Kier alpha value is -2.08. The molecule has 21 heavy (non-hydrogen) atoms. The first-order chi connectivity index (χ1) is 10.2. The van der Waals surface area contributed by atoms with Crippen LogP contribution in [0.2, 0.25) is 0 Å². The molecule has 3 rings (SSSR count). The Balaban J connectivity index is 1.53. The van der Waals surface area contributed by atoms with Gasteiger partial charge in [-0.15, -0.1) is 0 Å². The van der Waals surface area contributed by atoms with Gasteiger partial charge in [-0.3, -0.25) is 4.79 Å². The van der Waals surface area contributed by atoms with Crippen LogP contribution in [0, 0.1) is 0 Å². The van der Waals surface area contributed by atoms with E-state index >= 15 is 0 Å². The Morgan fingerprint density at radius 3 is 3.05 bits per heavy atom. The van der Waals surface area contributed by atoms with Crippen LogP contribution in [0.3, 0.4) is 0 Å². The van der Waals surface area contributed by atoms with Crippen molar-refractivity contribution in [3.05, 3.63) is 29.8 Å². The lowest BCUT2D eigenvalue weighted by Gasteiger charge is -2.13. The first-order valence-electron chi connectivity index (χ1n) is 7.14. The number of hydrogen-bond acceptors (Lipinski definition) is 5. The van der Waals surface area contributed by atoms with Crippen molar-refractivity contribution in [2.24, 2.45) is 5.16 Å². The summed E-state index contributed by atoms with van der Waals surface area (Å²) in [4.78, 5) is 17.2. The maximum absolute atomic E-state index is 12.0. The van der Waals surface area contributed by atoms with Gasteiger partial charge in [0.25, 0.3) is 5.91 Å². The first kappa shape index (κ1) is 13.9. The zero-order chi connectivity index (χ0) is 14.7. The molecule has 2 N–H and O–H groups in total. The molecule has 1 fully saturated rings. The predicted molar refractivity (Wildman–Crippen MR) is 76.1 cm³/mol. The van der Waals surface area contributed by atoms with E-state index in [-0.39, 0.29) is 17.8 Å². The number of para-hydroxylation sites is 1. The van der Waals surface area contributed by atoms with Gasteiger partial charge in [0.15, 0.2) is 0 Å². The normalized spacial score (nSPS) is 24.5. The zero-order valence-corrected chi connectivity index (χ0v) is 11.6. The summed E-state index contributed by atoms with van der Waals surface area (Å²) in [6.45, 7) is 1.27. The lowest BCUT2D eigenvalue weighted by Crippen LogP contribution is -2.39. The number of rotatable bonds is 4. The molecule has 6 heteroatoms. The number of nitrogens with zero attached hydrogens (tertiary/aromatic N) is 1. The van der Waals surface area contributed by atoms with E-state index in [9.17, 15) is 9.90 Å². The lowest BCUT2D eigenvalue weighted by molar-refractivity contribution is -0.131. The fourth-order valence-electron chi connectivity index (χ4n) is 2.53. The lowest BCUT2D eigenvalue weighted by atomic mass is 10.0. The third-order valence-electron chi connectivity index (χ3n) is 3.70. The number of carbonyl (C=O) groups excluding carboxylic acids is 1. The number of phenols is 1. The molecule has 1 saturated heterocycles. The van der Waals surface area contributed by atoms with Gasteiger partial charge in [-0.1, -0.05) is 17.3 Å². The van der Waals surface area contributed by atoms with Crippen molar-refractivity contribution in [3.63, 3.8) is 0 Å². The standard InChI is InChI=1S/C15H18N2O4/c18-13-6-2-1-5-11(13)12-8-14(21-17-12)15(19)16-9-10-4-3-7-20-10/h1-2,5-6,10,14,18H,3-4,7-9H2,(H,16,19). The van der Waals surface area contributed by atoms with E-state index in [2.05, 4.69) is 10.5 Å². The number of phenolic OH excluding ortho intramolecular Hbond substituents is 1. The smallest absolute Gasteiger partial charge is 0.264 e. The molecular formula is C15H18N2O4. The van der Waals surface area contributed by atoms with E-state index in [1.807, 2.05) is 6.07 Å². The quantitative estimate of drug-likeness (QED) is 0.872. The Morgan fingerprint density at radius 2 is 2.29 bits per heavy atom. The number of carbonyl (C=O) groups is 1. The largest absolute Gasteiger partial charge is 0.507 e. The fourth-order valence-corrected chi connectivity index (χ4v) is 2.53. The second kappa shape index (κ2) is 6.13. The Morgan fingerprint density at radius 1 is 1.43 bits per heavy atom. The van der Waals surface area contributed by atoms with Crippen LogP contribution < -0.4 is 5.32 Å². The van der Waals surface area contributed by atoms with Crippen LogP contribution in [-0.4, -0.2) is 42.1 Å². The molecule has 2 atom stereocenters. The molecule has 0 bridgehead atoms. The van der Waals surface area contributed by atoms with Crippen molar-refractivity contribution in [2.75, 3.05) is 13.2 Å². The van der Waals surface area contributed by atoms with Crippen LogP contribution in [0.25, 0.3) is 0 Å². The number of nitrogens with one attached hydrogen (secondary N) is 1. The van der Waals surface area contributed by atoms with Gasteiger partial charge in [0.2, 0.25) is 6.10 Å². The molecule has 0 aliphatic carbocycles. The molecule has 6 nitrogen and oxygen atoms in total. The van der Waals surface area contributed by atoms with Gasteiger partial charge >= 0.3 is 0 Å². The number of aromatic hydroxyl groups is 1. The maximum Gasteiger partial charge on any atom is 0.264 e. The molecule has 0 aromatic heterocycles. The monoisotopic (exact) mass is 290 g/mol. The van der Waals surface area contributed by atoms with Crippen LogP contribution in [-0.2, 0) is 14.4 Å². The highest BCUT2D eigenvalue weighted by Crippen LogP contribution is 2.23. The Bertz CT molecular complexity index is 552. The number of hydrogen-bond donors (Lipinski definition) is 2. The fraction of sp³-hybridized carbons (Fsp3) is 0.467. The minimum Gasteiger partial charge on any atom is -0.507 e. The summed E-state index contributed by atoms with van der Waals surface area (Å²) in [5.74, 6) is -0.0556. The average molecular weight is 290 g/mol. The Labute approximate surface area is 122 Å². The van der Waals surface area contributed by atoms with Crippen LogP contribution in [0.4, 0.5) is 0 Å². The molecule has 2 aliphatic rings. The van der Waals surface area contributed by atoms with Crippen molar-refractivity contribution >= 4 is 11.6 Å². The highest BCUT2D eigenvalue weighted by molar-refractivity contribution is 6.05. The van der Waals surface area contributed by atoms with E-state index in [1.165, 1.54) is 0 Å². The second-order valence-electron chi connectivity index (χ2n) is 5.23. The van der Waals surface area contributed by atoms with E-state index in [0.717, 1.165) is 19.4 Å². The van der Waals surface area contributed by atoms with Gasteiger partial charge < -0.3 is 20.0 Å². The SMILES string of the molecule is O=C(NCC1CCCO1)C1CC(c2ccccc2O)=NO1. The predicted octanol–water partition coefficient (Wildman–Crippen LogP) is 1.18. The van der Waals surface area contributed by atoms with Crippen molar-refractivity contribution < 1.29 is 19.5 Å². The van der Waals surface area contributed by atoms with Crippen molar-refractivity contribution in [3.8, 4) is 5.75 Å². The van der Waals surface area contributed by atoms with Gasteiger partial charge in [-0.05, 0) is 25.0 Å². The zero-order valence-electron chi connectivity index (χ0n) is 11.6. The third-order valence-corrected chi connectivity index (χ3v) is 3.70. The Kier molecular flexibility index (Phi) is 4.06. The molecule has 2 heterocycles. The molecule has 112 valence electrons. The van der Waals surface area contributed by atoms with Crippen LogP contribution >= 0.6 is 0 Å². The molecule has 1 amide bonds. The van der Waals surface area contributed by atoms with E-state index < -0.39 is 6.10 Å². The summed E-state index contributed by atoms with van der Waals surface area (Å²) in [7, 11) is 0. The molecule has 2 aliphatic heterocycles. The topological polar surface area (TPSA) is 80.2 Å². The molecule has 0 radical (unpaired) electrons. The number of benzene rings is 1. The molecule has 1 aromatic carbocycles. The summed E-state index contributed by atoms with van der Waals surface area (Å²) in [6, 6.07) is 6.89.